The zero-order chi connectivity index (χ0) is 31.7. The topological polar surface area (TPSA) is 122 Å². The van der Waals surface area contributed by atoms with E-state index in [2.05, 4.69) is 6.58 Å². The number of hydrogen-bond donors (Lipinski definition) is 2. The summed E-state index contributed by atoms with van der Waals surface area (Å²) >= 11 is 0. The van der Waals surface area contributed by atoms with Gasteiger partial charge in [0.2, 0.25) is 0 Å². The van der Waals surface area contributed by atoms with Gasteiger partial charge >= 0.3 is 5.97 Å². The van der Waals surface area contributed by atoms with Gasteiger partial charge in [-0.3, -0.25) is 4.79 Å². The number of rotatable bonds is 10. The molecule has 244 valence electrons. The second kappa shape index (κ2) is 16.4. The molecule has 0 aromatic rings. The van der Waals surface area contributed by atoms with Crippen molar-refractivity contribution >= 4 is 5.97 Å². The van der Waals surface area contributed by atoms with E-state index in [1.807, 2.05) is 50.3 Å². The van der Waals surface area contributed by atoms with E-state index in [-0.39, 0.29) is 18.4 Å². The van der Waals surface area contributed by atoms with Crippen LogP contribution in [0.15, 0.2) is 48.6 Å². The number of fused-ring (bicyclic) bond motifs is 2. The van der Waals surface area contributed by atoms with Crippen molar-refractivity contribution in [3.8, 4) is 0 Å². The Hall–Kier alpha value is -1.89. The van der Waals surface area contributed by atoms with E-state index in [9.17, 15) is 15.0 Å². The molecule has 0 aromatic carbocycles. The van der Waals surface area contributed by atoms with Crippen LogP contribution in [0.1, 0.15) is 59.8 Å². The Morgan fingerprint density at radius 1 is 1.09 bits per heavy atom. The lowest BCUT2D eigenvalue weighted by atomic mass is 9.81. The number of aliphatic hydroxyl groups excluding tert-OH is 1. The molecule has 3 aliphatic heterocycles. The lowest BCUT2D eigenvalue weighted by Gasteiger charge is -2.50. The van der Waals surface area contributed by atoms with E-state index in [0.717, 1.165) is 18.4 Å². The zero-order valence-electron chi connectivity index (χ0n) is 26.7. The van der Waals surface area contributed by atoms with Crippen LogP contribution in [0.2, 0.25) is 0 Å². The number of cyclic esters (lactones) is 1. The van der Waals surface area contributed by atoms with Gasteiger partial charge < -0.3 is 43.4 Å². The number of ether oxygens (including phenoxy) is 7. The van der Waals surface area contributed by atoms with Crippen LogP contribution in [0.4, 0.5) is 0 Å². The number of allylic oxidation sites excluding steroid dienone is 4. The van der Waals surface area contributed by atoms with Crippen molar-refractivity contribution in [2.75, 3.05) is 21.3 Å². The molecule has 0 aliphatic carbocycles. The smallest absolute Gasteiger partial charge is 0.314 e. The minimum Gasteiger partial charge on any atom is -0.457 e. The average molecular weight is 609 g/mol. The quantitative estimate of drug-likeness (QED) is 0.163. The Morgan fingerprint density at radius 3 is 2.47 bits per heavy atom. The highest BCUT2D eigenvalue weighted by molar-refractivity contribution is 5.73. The molecule has 2 unspecified atom stereocenters. The summed E-state index contributed by atoms with van der Waals surface area (Å²) in [5, 5.41) is 22.5. The first-order chi connectivity index (χ1) is 20.5. The molecule has 10 heteroatoms. The Bertz CT molecular complexity index is 994. The molecule has 0 aromatic heterocycles. The van der Waals surface area contributed by atoms with Gasteiger partial charge in [0.05, 0.1) is 24.4 Å². The van der Waals surface area contributed by atoms with Crippen LogP contribution in [-0.2, 0) is 38.0 Å². The third kappa shape index (κ3) is 9.08. The Balaban J connectivity index is 1.90. The monoisotopic (exact) mass is 608 g/mol. The molecule has 0 saturated carbocycles. The lowest BCUT2D eigenvalue weighted by molar-refractivity contribution is -0.354. The predicted octanol–water partition coefficient (Wildman–Crippen LogP) is 4.00. The van der Waals surface area contributed by atoms with E-state index in [4.69, 9.17) is 33.2 Å². The molecule has 2 saturated heterocycles. The van der Waals surface area contributed by atoms with Crippen molar-refractivity contribution in [1.82, 2.24) is 0 Å². The molecule has 2 fully saturated rings. The number of methoxy groups -OCH3 is 3. The average Bonchev–Trinajstić information content (AvgIpc) is 2.97. The maximum absolute atomic E-state index is 13.5. The van der Waals surface area contributed by atoms with Crippen molar-refractivity contribution in [1.29, 1.82) is 0 Å². The summed E-state index contributed by atoms with van der Waals surface area (Å²) in [6.45, 7) is 11.0. The van der Waals surface area contributed by atoms with E-state index in [0.29, 0.717) is 12.8 Å². The summed E-state index contributed by atoms with van der Waals surface area (Å²) in [6, 6.07) is 0. The third-order valence-electron chi connectivity index (χ3n) is 8.80. The van der Waals surface area contributed by atoms with Gasteiger partial charge in [0.15, 0.2) is 12.1 Å². The molecule has 3 heterocycles. The number of hydrogen-bond acceptors (Lipinski definition) is 10. The molecular formula is C33H52O10. The highest BCUT2D eigenvalue weighted by Gasteiger charge is 2.53. The molecule has 10 nitrogen and oxygen atoms in total. The molecule has 12 atom stereocenters. The Morgan fingerprint density at radius 2 is 1.81 bits per heavy atom. The fraction of sp³-hybridized carbons (Fsp3) is 0.727. The van der Waals surface area contributed by atoms with Crippen molar-refractivity contribution in [3.05, 3.63) is 48.6 Å². The Labute approximate surface area is 256 Å². The van der Waals surface area contributed by atoms with Crippen LogP contribution in [0.5, 0.6) is 0 Å². The van der Waals surface area contributed by atoms with Gasteiger partial charge in [-0.05, 0) is 39.7 Å². The summed E-state index contributed by atoms with van der Waals surface area (Å²) < 4.78 is 41.8. The Kier molecular flexibility index (Phi) is 13.6. The van der Waals surface area contributed by atoms with Crippen LogP contribution in [0.3, 0.4) is 0 Å². The summed E-state index contributed by atoms with van der Waals surface area (Å²) in [6.07, 6.45) is 8.47. The second-order valence-electron chi connectivity index (χ2n) is 11.9. The fourth-order valence-electron chi connectivity index (χ4n) is 5.96. The summed E-state index contributed by atoms with van der Waals surface area (Å²) in [4.78, 5) is 13.5. The van der Waals surface area contributed by atoms with Crippen LogP contribution in [0, 0.1) is 11.8 Å². The van der Waals surface area contributed by atoms with Crippen LogP contribution in [-0.4, -0.2) is 98.4 Å². The van der Waals surface area contributed by atoms with Crippen LogP contribution >= 0.6 is 0 Å². The van der Waals surface area contributed by atoms with Crippen molar-refractivity contribution in [2.45, 2.75) is 121 Å². The van der Waals surface area contributed by atoms with E-state index in [1.165, 1.54) is 14.2 Å². The van der Waals surface area contributed by atoms with Crippen molar-refractivity contribution < 1.29 is 48.2 Å². The van der Waals surface area contributed by atoms with Gasteiger partial charge in [0.1, 0.15) is 30.3 Å². The fourth-order valence-corrected chi connectivity index (χ4v) is 5.96. The lowest BCUT2D eigenvalue weighted by Crippen LogP contribution is -2.62. The molecule has 3 aliphatic rings. The predicted molar refractivity (Wildman–Crippen MR) is 161 cm³/mol. The maximum Gasteiger partial charge on any atom is 0.314 e. The highest BCUT2D eigenvalue weighted by Crippen LogP contribution is 2.42. The third-order valence-corrected chi connectivity index (χ3v) is 8.80. The standard InChI is InChI=1S/C33H52O10/c1-9-10-11-12-13-14-15-24-16-20(2)17-25(37-6)18-26-21(3)27(19-33(36,43-26)22(4)31(35)41-24)42-32-30(39-8)29(38-7)28(34)23(5)40-32/h9,12-15,17,21-30,32,34,36H,1,10-11,16,18-19H2,2-8H3/b13-12+,15-14+,20-17+/t21-,22-,23+,24?,25-,26+,27?,28+,29-,30-,32+,33+/m1/s1. The molecule has 2 N–H and O–H groups in total. The first kappa shape index (κ1) is 35.6. The molecule has 43 heavy (non-hydrogen) atoms. The van der Waals surface area contributed by atoms with E-state index in [1.54, 1.807) is 21.0 Å². The zero-order valence-corrected chi connectivity index (χ0v) is 26.7. The minimum absolute atomic E-state index is 0.00905. The van der Waals surface area contributed by atoms with Gasteiger partial charge in [-0.2, -0.15) is 0 Å². The molecule has 0 amide bonds. The van der Waals surface area contributed by atoms with E-state index >= 15 is 0 Å². The maximum atomic E-state index is 13.5. The first-order valence-corrected chi connectivity index (χ1v) is 15.3. The van der Waals surface area contributed by atoms with E-state index < -0.39 is 66.7 Å². The molecule has 0 radical (unpaired) electrons. The normalized spacial score (nSPS) is 42.6. The van der Waals surface area contributed by atoms with Gasteiger partial charge in [-0.1, -0.05) is 42.9 Å². The van der Waals surface area contributed by atoms with Gasteiger partial charge in [-0.25, -0.2) is 0 Å². The van der Waals surface area contributed by atoms with Crippen molar-refractivity contribution in [2.24, 2.45) is 11.8 Å². The summed E-state index contributed by atoms with van der Waals surface area (Å²) in [7, 11) is 4.64. The number of carbonyl (C=O) groups is 1. The molecular weight excluding hydrogens is 556 g/mol. The van der Waals surface area contributed by atoms with Crippen LogP contribution < -0.4 is 0 Å². The molecule has 3 rings (SSSR count). The van der Waals surface area contributed by atoms with Gasteiger partial charge in [0, 0.05) is 46.5 Å². The summed E-state index contributed by atoms with van der Waals surface area (Å²) in [5.74, 6) is -3.69. The van der Waals surface area contributed by atoms with Crippen LogP contribution in [0.25, 0.3) is 0 Å². The molecule has 2 bridgehead atoms. The molecule has 0 spiro atoms. The minimum atomic E-state index is -1.88. The number of unbranched alkanes of at least 4 members (excludes halogenated alkanes) is 1. The number of esters is 1. The first-order valence-electron chi connectivity index (χ1n) is 15.3. The highest BCUT2D eigenvalue weighted by atomic mass is 16.7. The second-order valence-corrected chi connectivity index (χ2v) is 11.9. The number of aliphatic hydroxyl groups is 2. The van der Waals surface area contributed by atoms with Crippen molar-refractivity contribution in [3.63, 3.8) is 0 Å². The number of carbonyl (C=O) groups excluding carboxylic acids is 1. The van der Waals surface area contributed by atoms with Gasteiger partial charge in [-0.15, -0.1) is 6.58 Å². The largest absolute Gasteiger partial charge is 0.457 e. The van der Waals surface area contributed by atoms with Gasteiger partial charge in [0.25, 0.3) is 0 Å². The summed E-state index contributed by atoms with van der Waals surface area (Å²) in [5.41, 5.74) is 1.00. The SMILES string of the molecule is C=CCC/C=C/C=C/C1C/C(C)=C/[C@@H](OC)C[C@@H]2O[C@@](O)(CC(O[C@@H]3O[C@@H](C)[C@H](O)[C@@H](OC)[C@H]3OC)[C@@H]2C)[C@H](C)C(=O)O1.